The lowest BCUT2D eigenvalue weighted by atomic mass is 10.1. The van der Waals surface area contributed by atoms with Crippen molar-refractivity contribution in [3.05, 3.63) is 70.4 Å². The molecule has 1 aliphatic carbocycles. The topological polar surface area (TPSA) is 88.3 Å². The maximum atomic E-state index is 13.2. The number of nitrogens with one attached hydrogen (secondary N) is 1. The molecule has 1 N–H and O–H groups in total. The van der Waals surface area contributed by atoms with Crippen molar-refractivity contribution in [2.45, 2.75) is 38.4 Å². The Balaban J connectivity index is 1.60. The standard InChI is InChI=1S/C20H19FN4O3S/c1-12-2-9-17(28-12)18(19(26)22-10-13-3-5-14(21)6-4-13)25(15-7-8-15)20(27)16-11-29-24-23-16/h2-6,9,11,15,18H,7-8,10H2,1H3,(H,22,26)/t18-/m0/s1. The quantitative estimate of drug-likeness (QED) is 0.641. The minimum atomic E-state index is -0.925. The van der Waals surface area contributed by atoms with E-state index >= 15 is 0 Å². The molecular formula is C20H19FN4O3S. The second kappa shape index (κ2) is 8.12. The predicted molar refractivity (Wildman–Crippen MR) is 104 cm³/mol. The van der Waals surface area contributed by atoms with Crippen molar-refractivity contribution in [3.8, 4) is 0 Å². The third kappa shape index (κ3) is 4.34. The highest BCUT2D eigenvalue weighted by Gasteiger charge is 2.43. The van der Waals surface area contributed by atoms with Crippen LogP contribution in [-0.2, 0) is 11.3 Å². The van der Waals surface area contributed by atoms with E-state index in [4.69, 9.17) is 4.42 Å². The number of carbonyl (C=O) groups is 2. The molecule has 0 spiro atoms. The summed E-state index contributed by atoms with van der Waals surface area (Å²) in [5, 5.41) is 8.28. The van der Waals surface area contributed by atoms with Gasteiger partial charge in [0, 0.05) is 18.0 Å². The van der Waals surface area contributed by atoms with Gasteiger partial charge < -0.3 is 14.6 Å². The van der Waals surface area contributed by atoms with Crippen molar-refractivity contribution in [2.24, 2.45) is 0 Å². The molecule has 2 amide bonds. The SMILES string of the molecule is Cc1ccc([C@@H](C(=O)NCc2ccc(F)cc2)N(C(=O)c2csnn2)C2CC2)o1. The summed E-state index contributed by atoms with van der Waals surface area (Å²) in [5.74, 6) is -0.0202. The molecule has 0 bridgehead atoms. The van der Waals surface area contributed by atoms with E-state index in [1.54, 1.807) is 36.6 Å². The van der Waals surface area contributed by atoms with Crippen LogP contribution in [0.15, 0.2) is 46.2 Å². The number of amides is 2. The third-order valence-electron chi connectivity index (χ3n) is 4.69. The lowest BCUT2D eigenvalue weighted by Crippen LogP contribution is -2.44. The number of aryl methyl sites for hydroxylation is 1. The lowest BCUT2D eigenvalue weighted by molar-refractivity contribution is -0.126. The third-order valence-corrected chi connectivity index (χ3v) is 5.20. The van der Waals surface area contributed by atoms with Crippen molar-refractivity contribution in [1.82, 2.24) is 19.8 Å². The molecule has 9 heteroatoms. The average Bonchev–Trinajstić information content (AvgIpc) is 3.21. The van der Waals surface area contributed by atoms with Crippen LogP contribution in [-0.4, -0.2) is 32.3 Å². The number of carbonyl (C=O) groups excluding carboxylic acids is 2. The van der Waals surface area contributed by atoms with E-state index in [0.717, 1.165) is 29.9 Å². The molecule has 1 aliphatic rings. The summed E-state index contributed by atoms with van der Waals surface area (Å²) >= 11 is 1.08. The van der Waals surface area contributed by atoms with Crippen LogP contribution in [0.4, 0.5) is 4.39 Å². The van der Waals surface area contributed by atoms with E-state index in [0.29, 0.717) is 11.5 Å². The van der Waals surface area contributed by atoms with Gasteiger partial charge in [0.15, 0.2) is 11.7 Å². The number of hydrogen-bond donors (Lipinski definition) is 1. The normalized spacial score (nSPS) is 14.4. The van der Waals surface area contributed by atoms with Crippen LogP contribution >= 0.6 is 11.5 Å². The van der Waals surface area contributed by atoms with Gasteiger partial charge in [0.2, 0.25) is 0 Å². The Kier molecular flexibility index (Phi) is 5.39. The van der Waals surface area contributed by atoms with Gasteiger partial charge in [-0.25, -0.2) is 4.39 Å². The molecule has 1 fully saturated rings. The van der Waals surface area contributed by atoms with Crippen LogP contribution in [0.2, 0.25) is 0 Å². The predicted octanol–water partition coefficient (Wildman–Crippen LogP) is 3.24. The molecular weight excluding hydrogens is 395 g/mol. The number of hydrogen-bond acceptors (Lipinski definition) is 6. The molecule has 2 heterocycles. The molecule has 0 radical (unpaired) electrons. The highest BCUT2D eigenvalue weighted by Crippen LogP contribution is 2.36. The van der Waals surface area contributed by atoms with Gasteiger partial charge >= 0.3 is 0 Å². The monoisotopic (exact) mass is 414 g/mol. The number of aromatic nitrogens is 2. The Bertz CT molecular complexity index is 999. The Morgan fingerprint density at radius 3 is 2.62 bits per heavy atom. The average molecular weight is 414 g/mol. The second-order valence-electron chi connectivity index (χ2n) is 6.93. The number of furan rings is 1. The molecule has 0 saturated heterocycles. The molecule has 4 rings (SSSR count). The fraction of sp³-hybridized carbons (Fsp3) is 0.300. The highest BCUT2D eigenvalue weighted by atomic mass is 32.1. The minimum Gasteiger partial charge on any atom is -0.464 e. The zero-order valence-corrected chi connectivity index (χ0v) is 16.5. The largest absolute Gasteiger partial charge is 0.464 e. The van der Waals surface area contributed by atoms with Crippen molar-refractivity contribution >= 4 is 23.3 Å². The van der Waals surface area contributed by atoms with Gasteiger partial charge in [-0.3, -0.25) is 9.59 Å². The van der Waals surface area contributed by atoms with Gasteiger partial charge in [0.1, 0.15) is 17.3 Å². The Hall–Kier alpha value is -3.07. The molecule has 2 aromatic heterocycles. The smallest absolute Gasteiger partial charge is 0.276 e. The molecule has 1 saturated carbocycles. The Morgan fingerprint density at radius 1 is 1.28 bits per heavy atom. The summed E-state index contributed by atoms with van der Waals surface area (Å²) in [6.45, 7) is 1.99. The molecule has 0 unspecified atom stereocenters. The van der Waals surface area contributed by atoms with Gasteiger partial charge in [0.25, 0.3) is 11.8 Å². The maximum absolute atomic E-state index is 13.2. The first-order valence-electron chi connectivity index (χ1n) is 9.21. The summed E-state index contributed by atoms with van der Waals surface area (Å²) in [6, 6.07) is 8.37. The second-order valence-corrected chi connectivity index (χ2v) is 7.54. The summed E-state index contributed by atoms with van der Waals surface area (Å²) in [6.07, 6.45) is 1.62. The molecule has 0 aliphatic heterocycles. The van der Waals surface area contributed by atoms with Crippen LogP contribution in [0.3, 0.4) is 0 Å². The minimum absolute atomic E-state index is 0.0591. The van der Waals surface area contributed by atoms with Crippen molar-refractivity contribution in [1.29, 1.82) is 0 Å². The number of benzene rings is 1. The van der Waals surface area contributed by atoms with Crippen LogP contribution in [0.25, 0.3) is 0 Å². The van der Waals surface area contributed by atoms with Crippen molar-refractivity contribution < 1.29 is 18.4 Å². The first-order valence-corrected chi connectivity index (χ1v) is 10.0. The van der Waals surface area contributed by atoms with Gasteiger partial charge in [0.05, 0.1) is 0 Å². The highest BCUT2D eigenvalue weighted by molar-refractivity contribution is 7.03. The first kappa shape index (κ1) is 19.3. The van der Waals surface area contributed by atoms with Gasteiger partial charge in [-0.1, -0.05) is 16.6 Å². The van der Waals surface area contributed by atoms with E-state index in [-0.39, 0.29) is 35.9 Å². The summed E-state index contributed by atoms with van der Waals surface area (Å²) < 4.78 is 22.6. The van der Waals surface area contributed by atoms with E-state index in [9.17, 15) is 14.0 Å². The van der Waals surface area contributed by atoms with Crippen molar-refractivity contribution in [2.75, 3.05) is 0 Å². The molecule has 1 atom stereocenters. The summed E-state index contributed by atoms with van der Waals surface area (Å²) in [7, 11) is 0. The van der Waals surface area contributed by atoms with Gasteiger partial charge in [-0.15, -0.1) is 5.10 Å². The Labute approximate surface area is 170 Å². The number of rotatable bonds is 7. The van der Waals surface area contributed by atoms with E-state index < -0.39 is 6.04 Å². The van der Waals surface area contributed by atoms with E-state index in [1.807, 2.05) is 0 Å². The first-order chi connectivity index (χ1) is 14.0. The van der Waals surface area contributed by atoms with Crippen LogP contribution in [0.1, 0.15) is 46.5 Å². The van der Waals surface area contributed by atoms with Gasteiger partial charge in [-0.05, 0) is 61.1 Å². The zero-order chi connectivity index (χ0) is 20.4. The molecule has 3 aromatic rings. The summed E-state index contributed by atoms with van der Waals surface area (Å²) in [4.78, 5) is 27.8. The van der Waals surface area contributed by atoms with Crippen LogP contribution in [0.5, 0.6) is 0 Å². The van der Waals surface area contributed by atoms with Crippen molar-refractivity contribution in [3.63, 3.8) is 0 Å². The number of nitrogens with zero attached hydrogens (tertiary/aromatic N) is 3. The van der Waals surface area contributed by atoms with Crippen LogP contribution < -0.4 is 5.32 Å². The zero-order valence-electron chi connectivity index (χ0n) is 15.7. The van der Waals surface area contributed by atoms with E-state index in [1.165, 1.54) is 17.0 Å². The molecule has 1 aromatic carbocycles. The maximum Gasteiger partial charge on any atom is 0.276 e. The molecule has 29 heavy (non-hydrogen) atoms. The fourth-order valence-corrected chi connectivity index (χ4v) is 3.55. The fourth-order valence-electron chi connectivity index (χ4n) is 3.12. The Morgan fingerprint density at radius 2 is 2.03 bits per heavy atom. The molecule has 7 nitrogen and oxygen atoms in total. The van der Waals surface area contributed by atoms with Gasteiger partial charge in [-0.2, -0.15) is 0 Å². The molecule has 150 valence electrons. The van der Waals surface area contributed by atoms with E-state index in [2.05, 4.69) is 14.9 Å². The lowest BCUT2D eigenvalue weighted by Gasteiger charge is -2.29. The van der Waals surface area contributed by atoms with Crippen LogP contribution in [0, 0.1) is 12.7 Å². The number of halogens is 1. The summed E-state index contributed by atoms with van der Waals surface area (Å²) in [5.41, 5.74) is 0.962.